The molecule has 2 fully saturated rings. The maximum absolute atomic E-state index is 12.2. The van der Waals surface area contributed by atoms with E-state index in [9.17, 15) is 9.90 Å². The van der Waals surface area contributed by atoms with Crippen LogP contribution in [-0.2, 0) is 6.54 Å². The Morgan fingerprint density at radius 3 is 2.65 bits per heavy atom. The van der Waals surface area contributed by atoms with Crippen molar-refractivity contribution in [1.29, 1.82) is 0 Å². The molecule has 4 aromatic rings. The van der Waals surface area contributed by atoms with Gasteiger partial charge in [0.1, 0.15) is 4.88 Å². The van der Waals surface area contributed by atoms with Gasteiger partial charge in [-0.2, -0.15) is 0 Å². The molecule has 2 aliphatic heterocycles. The molecule has 0 bridgehead atoms. The van der Waals surface area contributed by atoms with Crippen LogP contribution >= 0.6 is 11.3 Å². The number of fused-ring (bicyclic) bond motifs is 2. The van der Waals surface area contributed by atoms with E-state index in [2.05, 4.69) is 70.5 Å². The van der Waals surface area contributed by atoms with Crippen LogP contribution in [0.2, 0.25) is 0 Å². The average Bonchev–Trinajstić information content (AvgIpc) is 3.73. The number of rotatable bonds is 9. The molecule has 3 aromatic heterocycles. The van der Waals surface area contributed by atoms with Gasteiger partial charge >= 0.3 is 5.97 Å². The lowest BCUT2D eigenvalue weighted by Gasteiger charge is -2.36. The van der Waals surface area contributed by atoms with Crippen molar-refractivity contribution in [3.8, 4) is 11.3 Å². The van der Waals surface area contributed by atoms with Crippen LogP contribution in [0.4, 0.5) is 0 Å². The Labute approximate surface area is 275 Å². The molecule has 8 heteroatoms. The van der Waals surface area contributed by atoms with Gasteiger partial charge in [0.2, 0.25) is 0 Å². The molecule has 1 saturated carbocycles. The van der Waals surface area contributed by atoms with Crippen LogP contribution in [0, 0.1) is 5.92 Å². The van der Waals surface area contributed by atoms with Gasteiger partial charge in [-0.1, -0.05) is 38.0 Å². The number of likely N-dealkylation sites (tertiary alicyclic amines) is 1. The van der Waals surface area contributed by atoms with Crippen LogP contribution in [-0.4, -0.2) is 57.9 Å². The number of carboxylic acids is 1. The Kier molecular flexibility index (Phi) is 8.59. The molecule has 1 aliphatic carbocycles. The molecule has 7 nitrogen and oxygen atoms in total. The lowest BCUT2D eigenvalue weighted by molar-refractivity contribution is 0.0702. The second kappa shape index (κ2) is 12.8. The summed E-state index contributed by atoms with van der Waals surface area (Å²) in [5, 5.41) is 14.5. The third-order valence-electron chi connectivity index (χ3n) is 10.3. The van der Waals surface area contributed by atoms with Gasteiger partial charge in [0.05, 0.1) is 33.7 Å². The highest BCUT2D eigenvalue weighted by molar-refractivity contribution is 7.21. The largest absolute Gasteiger partial charge is 0.477 e. The number of aromatic carboxylic acids is 1. The lowest BCUT2D eigenvalue weighted by Crippen LogP contribution is -2.39. The standard InChI is InChI=1S/C38H45N5O2S/c1-23-17-30(25(3)40-23)32-15-12-28-18-29(13-14-31(28)41-32)36-35(27-10-6-5-7-11-27)37-33(19-34(46-37)38(44)45)43(36)21-24(2)42-16-8-9-26(22-42)20-39-4/h12-15,18-19,26-27,39H,2,5-11,16-17,20-22H2,1,3-4H3,(H,44,45). The van der Waals surface area contributed by atoms with E-state index in [1.54, 1.807) is 0 Å². The number of benzene rings is 1. The summed E-state index contributed by atoms with van der Waals surface area (Å²) < 4.78 is 3.52. The van der Waals surface area contributed by atoms with Crippen molar-refractivity contribution in [3.63, 3.8) is 0 Å². The fraction of sp³-hybridized carbons (Fsp3) is 0.447. The van der Waals surface area contributed by atoms with Gasteiger partial charge in [-0.05, 0) is 100 Å². The number of aromatic nitrogens is 2. The number of carboxylic acid groups (broad SMARTS) is 1. The number of hydrogen-bond donors (Lipinski definition) is 2. The minimum Gasteiger partial charge on any atom is -0.477 e. The van der Waals surface area contributed by atoms with Crippen molar-refractivity contribution < 1.29 is 9.90 Å². The van der Waals surface area contributed by atoms with E-state index in [1.165, 1.54) is 53.9 Å². The van der Waals surface area contributed by atoms with Crippen molar-refractivity contribution in [3.05, 3.63) is 70.5 Å². The first-order chi connectivity index (χ1) is 22.3. The molecule has 0 amide bonds. The first-order valence-electron chi connectivity index (χ1n) is 16.9. The van der Waals surface area contributed by atoms with Crippen LogP contribution in [0.1, 0.15) is 92.1 Å². The Morgan fingerprint density at radius 2 is 1.91 bits per heavy atom. The summed E-state index contributed by atoms with van der Waals surface area (Å²) in [6, 6.07) is 12.9. The molecule has 0 radical (unpaired) electrons. The number of nitrogens with zero attached hydrogens (tertiary/aromatic N) is 4. The Hall–Kier alpha value is -3.75. The first-order valence-corrected chi connectivity index (χ1v) is 17.7. The molecule has 3 aliphatic rings. The van der Waals surface area contributed by atoms with Gasteiger partial charge in [-0.25, -0.2) is 9.78 Å². The number of piperidine rings is 1. The van der Waals surface area contributed by atoms with E-state index >= 15 is 0 Å². The number of aliphatic imine (C=N–C) groups is 1. The third kappa shape index (κ3) is 5.82. The predicted octanol–water partition coefficient (Wildman–Crippen LogP) is 8.70. The Bertz CT molecular complexity index is 1890. The molecular weight excluding hydrogens is 591 g/mol. The molecule has 1 saturated heterocycles. The van der Waals surface area contributed by atoms with Crippen molar-refractivity contribution >= 4 is 49.7 Å². The molecule has 1 unspecified atom stereocenters. The first kappa shape index (κ1) is 30.9. The summed E-state index contributed by atoms with van der Waals surface area (Å²) in [5.74, 6) is 0.163. The normalized spacial score (nSPS) is 19.4. The zero-order chi connectivity index (χ0) is 31.9. The smallest absolute Gasteiger partial charge is 0.345 e. The SMILES string of the molecule is C=C(Cn1c(-c2ccc3nc(C4=C(C)N=C(C)C4)ccc3c2)c(C2CCCCC2)c2sc(C(=O)O)cc21)N1CCCC(CNC)C1. The van der Waals surface area contributed by atoms with Crippen LogP contribution in [0.25, 0.3) is 38.0 Å². The molecule has 7 rings (SSSR count). The van der Waals surface area contributed by atoms with E-state index in [4.69, 9.17) is 4.98 Å². The van der Waals surface area contributed by atoms with Crippen molar-refractivity contribution in [2.24, 2.45) is 10.9 Å². The monoisotopic (exact) mass is 635 g/mol. The number of thiophene rings is 1. The van der Waals surface area contributed by atoms with E-state index in [-0.39, 0.29) is 0 Å². The van der Waals surface area contributed by atoms with Crippen LogP contribution in [0.5, 0.6) is 0 Å². The molecular formula is C38H45N5O2S. The highest BCUT2D eigenvalue weighted by Gasteiger charge is 2.30. The van der Waals surface area contributed by atoms with Gasteiger partial charge in [0.15, 0.2) is 0 Å². The molecule has 1 aromatic carbocycles. The quantitative estimate of drug-likeness (QED) is 0.192. The fourth-order valence-corrected chi connectivity index (χ4v) is 9.21. The van der Waals surface area contributed by atoms with Crippen molar-refractivity contribution in [1.82, 2.24) is 19.8 Å². The van der Waals surface area contributed by atoms with Gasteiger partial charge in [0.25, 0.3) is 0 Å². The molecule has 240 valence electrons. The zero-order valence-electron chi connectivity index (χ0n) is 27.4. The van der Waals surface area contributed by atoms with Gasteiger partial charge < -0.3 is 19.9 Å². The maximum atomic E-state index is 12.2. The van der Waals surface area contributed by atoms with E-state index in [0.717, 1.165) is 94.8 Å². The van der Waals surface area contributed by atoms with E-state index in [1.807, 2.05) is 13.1 Å². The van der Waals surface area contributed by atoms with Gasteiger partial charge in [-0.3, -0.25) is 4.99 Å². The van der Waals surface area contributed by atoms with Crippen LogP contribution < -0.4 is 5.32 Å². The lowest BCUT2D eigenvalue weighted by atomic mass is 9.83. The molecule has 0 spiro atoms. The number of pyridine rings is 1. The van der Waals surface area contributed by atoms with Gasteiger partial charge in [0, 0.05) is 47.6 Å². The van der Waals surface area contributed by atoms with Gasteiger partial charge in [-0.15, -0.1) is 11.3 Å². The van der Waals surface area contributed by atoms with Crippen LogP contribution in [0.3, 0.4) is 0 Å². The molecule has 1 atom stereocenters. The highest BCUT2D eigenvalue weighted by atomic mass is 32.1. The number of hydrogen-bond acceptors (Lipinski definition) is 6. The Balaban J connectivity index is 1.34. The highest BCUT2D eigenvalue weighted by Crippen LogP contribution is 2.47. The zero-order valence-corrected chi connectivity index (χ0v) is 28.2. The summed E-state index contributed by atoms with van der Waals surface area (Å²) >= 11 is 1.44. The minimum absolute atomic E-state index is 0.408. The fourth-order valence-electron chi connectivity index (χ4n) is 8.08. The number of nitrogens with one attached hydrogen (secondary N) is 1. The van der Waals surface area contributed by atoms with E-state index in [0.29, 0.717) is 23.3 Å². The topological polar surface area (TPSA) is 82.8 Å². The predicted molar refractivity (Wildman–Crippen MR) is 191 cm³/mol. The minimum atomic E-state index is -0.852. The second-order valence-corrected chi connectivity index (χ2v) is 14.6. The number of allylic oxidation sites excluding steroid dienone is 3. The summed E-state index contributed by atoms with van der Waals surface area (Å²) in [7, 11) is 2.03. The maximum Gasteiger partial charge on any atom is 0.345 e. The second-order valence-electron chi connectivity index (χ2n) is 13.6. The summed E-state index contributed by atoms with van der Waals surface area (Å²) in [4.78, 5) is 24.9. The van der Waals surface area contributed by atoms with Crippen molar-refractivity contribution in [2.75, 3.05) is 26.7 Å². The summed E-state index contributed by atoms with van der Waals surface area (Å²) in [5.41, 5.74) is 11.2. The molecule has 46 heavy (non-hydrogen) atoms. The molecule has 2 N–H and O–H groups in total. The van der Waals surface area contributed by atoms with E-state index < -0.39 is 5.97 Å². The average molecular weight is 636 g/mol. The summed E-state index contributed by atoms with van der Waals surface area (Å²) in [6.07, 6.45) is 9.22. The number of carbonyl (C=O) groups is 1. The Morgan fingerprint density at radius 1 is 1.09 bits per heavy atom. The summed E-state index contributed by atoms with van der Waals surface area (Å²) in [6.45, 7) is 12.5. The van der Waals surface area contributed by atoms with Crippen molar-refractivity contribution in [2.45, 2.75) is 77.7 Å². The third-order valence-corrected chi connectivity index (χ3v) is 11.4. The van der Waals surface area contributed by atoms with Crippen LogP contribution in [0.15, 0.2) is 59.4 Å². The molecule has 5 heterocycles.